The number of nitrogens with two attached hydrogens (primary N) is 1. The Balaban J connectivity index is 1.92. The van der Waals surface area contributed by atoms with Gasteiger partial charge in [0.05, 0.1) is 5.69 Å². The predicted molar refractivity (Wildman–Crippen MR) is 99.7 cm³/mol. The van der Waals surface area contributed by atoms with Gasteiger partial charge < -0.3 is 5.73 Å². The van der Waals surface area contributed by atoms with Gasteiger partial charge in [-0.25, -0.2) is 13.8 Å². The van der Waals surface area contributed by atoms with Crippen molar-refractivity contribution < 1.29 is 13.6 Å². The van der Waals surface area contributed by atoms with Crippen LogP contribution in [-0.2, 0) is 6.42 Å². The molecule has 0 saturated carbocycles. The number of hydrogen-bond acceptors (Lipinski definition) is 3. The molecule has 1 heterocycles. The van der Waals surface area contributed by atoms with Gasteiger partial charge in [-0.15, -0.1) is 0 Å². The number of halogens is 3. The zero-order valence-corrected chi connectivity index (χ0v) is 15.0. The molecule has 5 nitrogen and oxygen atoms in total. The molecular weight excluding hydrogens is 374 g/mol. The summed E-state index contributed by atoms with van der Waals surface area (Å²) in [7, 11) is 0. The number of carbonyl (C=O) groups excluding carboxylic acids is 1. The summed E-state index contributed by atoms with van der Waals surface area (Å²) in [6.45, 7) is 1.34. The van der Waals surface area contributed by atoms with Crippen LogP contribution in [0.2, 0.25) is 5.02 Å². The van der Waals surface area contributed by atoms with E-state index in [0.29, 0.717) is 17.1 Å². The number of H-pyrrole nitrogens is 1. The second-order valence-electron chi connectivity index (χ2n) is 5.94. The molecule has 0 aliphatic carbocycles. The van der Waals surface area contributed by atoms with Crippen molar-refractivity contribution in [3.63, 3.8) is 0 Å². The molecule has 0 aliphatic rings. The van der Waals surface area contributed by atoms with E-state index in [4.69, 9.17) is 17.3 Å². The fourth-order valence-electron chi connectivity index (χ4n) is 2.57. The molecule has 0 spiro atoms. The number of nitrogens with zero attached hydrogens (tertiary/aromatic N) is 2. The highest BCUT2D eigenvalue weighted by Crippen LogP contribution is 2.23. The van der Waals surface area contributed by atoms with Crippen LogP contribution < -0.4 is 5.73 Å². The first-order chi connectivity index (χ1) is 12.8. The van der Waals surface area contributed by atoms with Crippen LogP contribution in [-0.4, -0.2) is 22.3 Å². The fraction of sp³-hybridized carbons (Fsp3) is 0.105. The van der Waals surface area contributed by atoms with E-state index in [1.165, 1.54) is 13.1 Å². The third-order valence-corrected chi connectivity index (χ3v) is 4.21. The third-order valence-electron chi connectivity index (χ3n) is 3.98. The van der Waals surface area contributed by atoms with Crippen LogP contribution in [0.5, 0.6) is 0 Å². The van der Waals surface area contributed by atoms with Crippen molar-refractivity contribution in [1.82, 2.24) is 10.2 Å². The molecule has 3 N–H and O–H groups in total. The summed E-state index contributed by atoms with van der Waals surface area (Å²) in [6, 6.07) is 9.42. The normalized spacial score (nSPS) is 11.3. The van der Waals surface area contributed by atoms with Gasteiger partial charge in [0.1, 0.15) is 17.2 Å². The highest BCUT2D eigenvalue weighted by Gasteiger charge is 2.18. The quantitative estimate of drug-likeness (QED) is 0.645. The lowest BCUT2D eigenvalue weighted by atomic mass is 10.1. The topological polar surface area (TPSA) is 84.1 Å². The predicted octanol–water partition coefficient (Wildman–Crippen LogP) is 4.09. The van der Waals surface area contributed by atoms with Gasteiger partial charge in [0.15, 0.2) is 5.82 Å². The molecule has 3 aromatic rings. The number of primary amides is 1. The van der Waals surface area contributed by atoms with Crippen LogP contribution in [0.15, 0.2) is 41.4 Å². The number of amides is 1. The number of aromatic nitrogens is 2. The Bertz CT molecular complexity index is 1020. The largest absolute Gasteiger partial charge is 0.365 e. The molecule has 3 rings (SSSR count). The number of benzene rings is 2. The molecule has 0 aliphatic heterocycles. The van der Waals surface area contributed by atoms with Crippen LogP contribution in [0.3, 0.4) is 0 Å². The lowest BCUT2D eigenvalue weighted by Gasteiger charge is -2.02. The maximum absolute atomic E-state index is 13.6. The van der Waals surface area contributed by atoms with E-state index in [2.05, 4.69) is 15.2 Å². The molecule has 0 atom stereocenters. The molecular formula is C19H15ClF2N4O. The van der Waals surface area contributed by atoms with Crippen molar-refractivity contribution in [1.29, 1.82) is 0 Å². The van der Waals surface area contributed by atoms with Crippen molar-refractivity contribution in [3.05, 3.63) is 81.0 Å². The van der Waals surface area contributed by atoms with E-state index in [-0.39, 0.29) is 22.5 Å². The molecule has 0 bridgehead atoms. The summed E-state index contributed by atoms with van der Waals surface area (Å²) in [6.07, 6.45) is 1.56. The van der Waals surface area contributed by atoms with Gasteiger partial charge in [0, 0.05) is 23.2 Å². The molecule has 0 radical (unpaired) electrons. The first-order valence-electron chi connectivity index (χ1n) is 7.96. The lowest BCUT2D eigenvalue weighted by molar-refractivity contribution is 0.100. The Morgan fingerprint density at radius 2 is 2.00 bits per heavy atom. The highest BCUT2D eigenvalue weighted by atomic mass is 35.5. The van der Waals surface area contributed by atoms with Gasteiger partial charge in [-0.05, 0) is 42.3 Å². The van der Waals surface area contributed by atoms with E-state index in [1.54, 1.807) is 18.2 Å². The van der Waals surface area contributed by atoms with E-state index in [1.807, 2.05) is 6.07 Å². The molecule has 1 aromatic heterocycles. The standard InChI is InChI=1S/C19H15ClF2N4O/c1-10-14(21)6-12(7-15(10)22)9-24-19-17(18(23)27)16(25-26-19)8-11-3-2-4-13(20)5-11/h2-7,9H,8H2,1H3,(H2,23,27)(H,25,26). The van der Waals surface area contributed by atoms with Gasteiger partial charge >= 0.3 is 0 Å². The van der Waals surface area contributed by atoms with Crippen LogP contribution in [0.1, 0.15) is 32.7 Å². The van der Waals surface area contributed by atoms with Gasteiger partial charge in [-0.2, -0.15) is 5.10 Å². The van der Waals surface area contributed by atoms with Crippen molar-refractivity contribution in [2.75, 3.05) is 0 Å². The molecule has 0 fully saturated rings. The maximum Gasteiger partial charge on any atom is 0.254 e. The second-order valence-corrected chi connectivity index (χ2v) is 6.38. The average Bonchev–Trinajstić information content (AvgIpc) is 3.00. The summed E-state index contributed by atoms with van der Waals surface area (Å²) in [4.78, 5) is 15.9. The Morgan fingerprint density at radius 1 is 1.30 bits per heavy atom. The van der Waals surface area contributed by atoms with E-state index in [9.17, 15) is 13.6 Å². The third kappa shape index (κ3) is 4.20. The molecule has 1 amide bonds. The van der Waals surface area contributed by atoms with Crippen molar-refractivity contribution in [3.8, 4) is 0 Å². The molecule has 138 valence electrons. The SMILES string of the molecule is Cc1c(F)cc(C=Nc2n[nH]c(Cc3cccc(Cl)c3)c2C(N)=O)cc1F. The first kappa shape index (κ1) is 18.7. The Labute approximate surface area is 158 Å². The van der Waals surface area contributed by atoms with Crippen LogP contribution in [0.25, 0.3) is 0 Å². The lowest BCUT2D eigenvalue weighted by Crippen LogP contribution is -2.13. The smallest absolute Gasteiger partial charge is 0.254 e. The number of aliphatic imine (C=N–C) groups is 1. The van der Waals surface area contributed by atoms with E-state index in [0.717, 1.165) is 17.7 Å². The summed E-state index contributed by atoms with van der Waals surface area (Å²) >= 11 is 5.97. The number of rotatable bonds is 5. The monoisotopic (exact) mass is 388 g/mol. The average molecular weight is 389 g/mol. The Kier molecular flexibility index (Phi) is 5.32. The summed E-state index contributed by atoms with van der Waals surface area (Å²) in [5, 5.41) is 7.29. The number of aromatic amines is 1. The Morgan fingerprint density at radius 3 is 2.63 bits per heavy atom. The fourth-order valence-corrected chi connectivity index (χ4v) is 2.79. The number of carbonyl (C=O) groups is 1. The van der Waals surface area contributed by atoms with Gasteiger partial charge in [0.25, 0.3) is 5.91 Å². The van der Waals surface area contributed by atoms with Crippen molar-refractivity contribution in [2.24, 2.45) is 10.7 Å². The van der Waals surface area contributed by atoms with Gasteiger partial charge in [-0.3, -0.25) is 9.89 Å². The molecule has 0 unspecified atom stereocenters. The van der Waals surface area contributed by atoms with Crippen LogP contribution in [0, 0.1) is 18.6 Å². The maximum atomic E-state index is 13.6. The van der Waals surface area contributed by atoms with Crippen LogP contribution in [0.4, 0.5) is 14.6 Å². The number of nitrogens with one attached hydrogen (secondary N) is 1. The first-order valence-corrected chi connectivity index (χ1v) is 8.34. The minimum absolute atomic E-state index is 0.0425. The van der Waals surface area contributed by atoms with Crippen LogP contribution >= 0.6 is 11.6 Å². The summed E-state index contributed by atoms with van der Waals surface area (Å²) < 4.78 is 27.3. The second kappa shape index (κ2) is 7.67. The summed E-state index contributed by atoms with van der Waals surface area (Å²) in [5.74, 6) is -2.04. The van der Waals surface area contributed by atoms with E-state index < -0.39 is 17.5 Å². The van der Waals surface area contributed by atoms with Gasteiger partial charge in [-0.1, -0.05) is 23.7 Å². The number of hydrogen-bond donors (Lipinski definition) is 2. The minimum atomic E-state index is -0.714. The van der Waals surface area contributed by atoms with Crippen molar-refractivity contribution >= 4 is 29.5 Å². The molecule has 27 heavy (non-hydrogen) atoms. The zero-order valence-electron chi connectivity index (χ0n) is 14.3. The molecule has 2 aromatic carbocycles. The minimum Gasteiger partial charge on any atom is -0.365 e. The Hall–Kier alpha value is -3.06. The van der Waals surface area contributed by atoms with Gasteiger partial charge in [0.2, 0.25) is 0 Å². The molecule has 0 saturated heterocycles. The van der Waals surface area contributed by atoms with E-state index >= 15 is 0 Å². The zero-order chi connectivity index (χ0) is 19.6. The summed E-state index contributed by atoms with van der Waals surface area (Å²) in [5.41, 5.74) is 7.02. The van der Waals surface area contributed by atoms with Crippen molar-refractivity contribution in [2.45, 2.75) is 13.3 Å². The highest BCUT2D eigenvalue weighted by molar-refractivity contribution is 6.30. The molecule has 8 heteroatoms.